The number of carbonyl (C=O) groups excluding carboxylic acids is 1. The molecule has 1 radical (unpaired) electrons. The highest BCUT2D eigenvalue weighted by molar-refractivity contribution is 5.81. The Morgan fingerprint density at radius 1 is 1.15 bits per heavy atom. The number of nitrogens with zero attached hydrogens (tertiary/aromatic N) is 1. The molecule has 0 saturated carbocycles. The molecule has 2 aromatic heterocycles. The minimum absolute atomic E-state index is 0.219. The minimum atomic E-state index is -0.247. The van der Waals surface area contributed by atoms with Gasteiger partial charge in [0.15, 0.2) is 17.3 Å². The molecule has 0 spiro atoms. The fraction of sp³-hybridized carbons (Fsp3) is 0.320. The van der Waals surface area contributed by atoms with Crippen LogP contribution in [0.5, 0.6) is 23.0 Å². The summed E-state index contributed by atoms with van der Waals surface area (Å²) in [4.78, 5) is 19.2. The van der Waals surface area contributed by atoms with Crippen molar-refractivity contribution >= 4 is 17.1 Å². The molecule has 4 rings (SSSR count). The summed E-state index contributed by atoms with van der Waals surface area (Å²) in [7, 11) is 0. The third-order valence-electron chi connectivity index (χ3n) is 5.12. The zero-order chi connectivity index (χ0) is 23.8. The number of aromatic amines is 1. The van der Waals surface area contributed by atoms with Crippen molar-refractivity contribution in [3.05, 3.63) is 61.2 Å². The normalized spacial score (nSPS) is 12.2. The first kappa shape index (κ1) is 23.3. The average Bonchev–Trinajstić information content (AvgIpc) is 3.28. The summed E-state index contributed by atoms with van der Waals surface area (Å²) in [5, 5.41) is 6.51. The highest BCUT2D eigenvalue weighted by atomic mass is 16.6. The molecule has 3 heterocycles. The average molecular weight is 466 g/mol. The molecule has 34 heavy (non-hydrogen) atoms. The maximum atomic E-state index is 11.7. The zero-order valence-electron chi connectivity index (χ0n) is 19.2. The smallest absolute Gasteiger partial charge is 0.315 e. The van der Waals surface area contributed by atoms with Crippen LogP contribution in [-0.2, 0) is 6.42 Å². The molecule has 0 unspecified atom stereocenters. The number of benzene rings is 1. The maximum absolute atomic E-state index is 11.7. The van der Waals surface area contributed by atoms with Gasteiger partial charge in [0.2, 0.25) is 0 Å². The number of fused-ring (bicyclic) bond motifs is 2. The van der Waals surface area contributed by atoms with Crippen molar-refractivity contribution in [2.24, 2.45) is 0 Å². The van der Waals surface area contributed by atoms with Crippen LogP contribution in [0.4, 0.5) is 4.79 Å². The minimum Gasteiger partial charge on any atom is -0.493 e. The molecule has 0 bridgehead atoms. The van der Waals surface area contributed by atoms with Crippen LogP contribution >= 0.6 is 0 Å². The number of rotatable bonds is 11. The number of nitrogens with one attached hydrogen (secondary N) is 3. The Hall–Kier alpha value is -3.88. The number of pyridine rings is 1. The molecule has 179 valence electrons. The van der Waals surface area contributed by atoms with E-state index in [1.165, 1.54) is 6.26 Å². The Morgan fingerprint density at radius 3 is 2.82 bits per heavy atom. The summed E-state index contributed by atoms with van der Waals surface area (Å²) in [6.07, 6.45) is 7.38. The van der Waals surface area contributed by atoms with Gasteiger partial charge in [0.05, 0.1) is 26.0 Å². The van der Waals surface area contributed by atoms with Crippen molar-refractivity contribution in [1.29, 1.82) is 0 Å². The molecule has 9 heteroatoms. The van der Waals surface area contributed by atoms with Crippen molar-refractivity contribution in [1.82, 2.24) is 20.6 Å². The van der Waals surface area contributed by atoms with Gasteiger partial charge >= 0.3 is 6.03 Å². The van der Waals surface area contributed by atoms with Gasteiger partial charge in [-0.1, -0.05) is 6.92 Å². The lowest BCUT2D eigenvalue weighted by atomic mass is 10.2. The lowest BCUT2D eigenvalue weighted by molar-refractivity contribution is 0.238. The van der Waals surface area contributed by atoms with E-state index in [1.807, 2.05) is 25.3 Å². The summed E-state index contributed by atoms with van der Waals surface area (Å²) in [5.74, 6) is 3.00. The fourth-order valence-electron chi connectivity index (χ4n) is 3.36. The molecule has 9 nitrogen and oxygen atoms in total. The number of hydrogen-bond acceptors (Lipinski definition) is 6. The van der Waals surface area contributed by atoms with Crippen molar-refractivity contribution in [3.63, 3.8) is 0 Å². The van der Waals surface area contributed by atoms with E-state index in [4.69, 9.17) is 18.9 Å². The Kier molecular flexibility index (Phi) is 7.75. The molecular formula is C25H29N4O5. The van der Waals surface area contributed by atoms with Gasteiger partial charge in [-0.15, -0.1) is 0 Å². The molecule has 3 aromatic rings. The van der Waals surface area contributed by atoms with E-state index in [0.717, 1.165) is 28.8 Å². The standard InChI is InChI=1S/C25H29N4O5/c1-3-8-26-25(30)29-15-20-16-33-22-7-6-18(12-23(22)34-20)31-9-5-10-32-19-11-21-17(4-2)13-27-24(21)28-14-19/h6-7,11-14,16H,2-5,8-10,15H2,1H3,(H,27,28)(H2,26,29,30). The molecule has 0 fully saturated rings. The van der Waals surface area contributed by atoms with Gasteiger partial charge in [0.1, 0.15) is 23.4 Å². The quantitative estimate of drug-likeness (QED) is 0.368. The highest BCUT2D eigenvalue weighted by Crippen LogP contribution is 2.35. The summed E-state index contributed by atoms with van der Waals surface area (Å²) in [6.45, 7) is 7.74. The second kappa shape index (κ2) is 11.3. The first-order chi connectivity index (χ1) is 16.7. The number of H-pyrrole nitrogens is 1. The second-order valence-corrected chi connectivity index (χ2v) is 7.70. The van der Waals surface area contributed by atoms with Crippen molar-refractivity contribution in [2.75, 3.05) is 26.3 Å². The largest absolute Gasteiger partial charge is 0.493 e. The van der Waals surface area contributed by atoms with Crippen LogP contribution in [0.25, 0.3) is 11.0 Å². The van der Waals surface area contributed by atoms with E-state index in [-0.39, 0.29) is 12.6 Å². The number of ether oxygens (including phenoxy) is 4. The van der Waals surface area contributed by atoms with Crippen LogP contribution in [0.15, 0.2) is 48.7 Å². The van der Waals surface area contributed by atoms with Crippen LogP contribution in [-0.4, -0.2) is 42.3 Å². The Balaban J connectivity index is 1.21. The Labute approximate surface area is 198 Å². The molecule has 1 aliphatic rings. The van der Waals surface area contributed by atoms with Gasteiger partial charge in [-0.3, -0.25) is 0 Å². The predicted octanol–water partition coefficient (Wildman–Crippen LogP) is 4.11. The van der Waals surface area contributed by atoms with Gasteiger partial charge < -0.3 is 34.6 Å². The molecule has 3 N–H and O–H groups in total. The number of urea groups is 1. The number of aromatic nitrogens is 2. The Bertz CT molecular complexity index is 1160. The SMILES string of the molecule is [CH2]Cc1c[nH]c2ncc(OCCCOc3ccc4c(c3)OC(CNC(=O)NCCC)=CO4)cc12. The van der Waals surface area contributed by atoms with E-state index in [2.05, 4.69) is 27.5 Å². The highest BCUT2D eigenvalue weighted by Gasteiger charge is 2.16. The van der Waals surface area contributed by atoms with E-state index in [1.54, 1.807) is 18.3 Å². The zero-order valence-corrected chi connectivity index (χ0v) is 19.2. The first-order valence-corrected chi connectivity index (χ1v) is 11.4. The van der Waals surface area contributed by atoms with E-state index in [9.17, 15) is 4.79 Å². The first-order valence-electron chi connectivity index (χ1n) is 11.4. The predicted molar refractivity (Wildman–Crippen MR) is 128 cm³/mol. The van der Waals surface area contributed by atoms with Gasteiger partial charge in [0, 0.05) is 30.6 Å². The van der Waals surface area contributed by atoms with E-state index < -0.39 is 0 Å². The number of amides is 2. The van der Waals surface area contributed by atoms with Gasteiger partial charge in [0.25, 0.3) is 0 Å². The summed E-state index contributed by atoms with van der Waals surface area (Å²) in [5.41, 5.74) is 1.95. The molecular weight excluding hydrogens is 436 g/mol. The van der Waals surface area contributed by atoms with Gasteiger partial charge in [-0.25, -0.2) is 9.78 Å². The van der Waals surface area contributed by atoms with E-state index in [0.29, 0.717) is 55.6 Å². The topological polar surface area (TPSA) is 107 Å². The maximum Gasteiger partial charge on any atom is 0.315 e. The van der Waals surface area contributed by atoms with Gasteiger partial charge in [-0.2, -0.15) is 0 Å². The summed E-state index contributed by atoms with van der Waals surface area (Å²) < 4.78 is 23.1. The number of hydrogen-bond donors (Lipinski definition) is 3. The monoisotopic (exact) mass is 465 g/mol. The molecule has 0 atom stereocenters. The van der Waals surface area contributed by atoms with Crippen LogP contribution < -0.4 is 29.6 Å². The molecule has 0 aliphatic carbocycles. The van der Waals surface area contributed by atoms with E-state index >= 15 is 0 Å². The molecule has 0 saturated heterocycles. The fourth-order valence-corrected chi connectivity index (χ4v) is 3.36. The third kappa shape index (κ3) is 5.92. The summed E-state index contributed by atoms with van der Waals surface area (Å²) >= 11 is 0. The van der Waals surface area contributed by atoms with Crippen LogP contribution in [0.1, 0.15) is 25.3 Å². The molecule has 1 aliphatic heterocycles. The summed E-state index contributed by atoms with van der Waals surface area (Å²) in [6, 6.07) is 7.11. The molecule has 2 amide bonds. The van der Waals surface area contributed by atoms with Crippen molar-refractivity contribution in [3.8, 4) is 23.0 Å². The van der Waals surface area contributed by atoms with Gasteiger partial charge in [-0.05, 0) is 43.5 Å². The van der Waals surface area contributed by atoms with Crippen molar-refractivity contribution < 1.29 is 23.7 Å². The van der Waals surface area contributed by atoms with Crippen LogP contribution in [0.2, 0.25) is 0 Å². The Morgan fingerprint density at radius 2 is 2.00 bits per heavy atom. The van der Waals surface area contributed by atoms with Crippen LogP contribution in [0, 0.1) is 6.92 Å². The van der Waals surface area contributed by atoms with Crippen molar-refractivity contribution in [2.45, 2.75) is 26.2 Å². The lowest BCUT2D eigenvalue weighted by Crippen LogP contribution is -2.37. The molecule has 1 aromatic carbocycles. The van der Waals surface area contributed by atoms with Crippen LogP contribution in [0.3, 0.4) is 0 Å². The number of carbonyl (C=O) groups is 1. The third-order valence-corrected chi connectivity index (χ3v) is 5.12. The second-order valence-electron chi connectivity index (χ2n) is 7.70. The lowest BCUT2D eigenvalue weighted by Gasteiger charge is -2.19.